The summed E-state index contributed by atoms with van der Waals surface area (Å²) in [4.78, 5) is 27.6. The maximum atomic E-state index is 13.3. The van der Waals surface area contributed by atoms with Crippen LogP contribution in [0.1, 0.15) is 17.7 Å². The number of amidine groups is 1. The monoisotopic (exact) mass is 556 g/mol. The van der Waals surface area contributed by atoms with Gasteiger partial charge < -0.3 is 9.73 Å². The number of carbonyl (C=O) groups is 2. The summed E-state index contributed by atoms with van der Waals surface area (Å²) in [5.41, 5.74) is 2.65. The number of hydrogen-bond acceptors (Lipinski definition) is 6. The maximum Gasteiger partial charge on any atom is 0.242 e. The minimum Gasteiger partial charge on any atom is -0.455 e. The van der Waals surface area contributed by atoms with Crippen LogP contribution in [-0.2, 0) is 16.0 Å². The number of halogens is 1. The van der Waals surface area contributed by atoms with Crippen molar-refractivity contribution in [2.24, 2.45) is 10.2 Å². The average Bonchev–Trinajstić information content (AvgIpc) is 3.53. The lowest BCUT2D eigenvalue weighted by Gasteiger charge is -2.15. The number of hydrogen-bond donors (Lipinski definition) is 1. The number of benzene rings is 3. The predicted molar refractivity (Wildman–Crippen MR) is 157 cm³/mol. The molecule has 9 heteroatoms. The van der Waals surface area contributed by atoms with Gasteiger partial charge in [0, 0.05) is 29.2 Å². The van der Waals surface area contributed by atoms with E-state index in [0.29, 0.717) is 40.4 Å². The van der Waals surface area contributed by atoms with Crippen LogP contribution >= 0.6 is 23.4 Å². The van der Waals surface area contributed by atoms with E-state index in [1.54, 1.807) is 17.0 Å². The van der Waals surface area contributed by atoms with Gasteiger partial charge in [-0.2, -0.15) is 5.10 Å². The highest BCUT2D eigenvalue weighted by molar-refractivity contribution is 8.15. The highest BCUT2D eigenvalue weighted by atomic mass is 35.5. The molecular weight excluding hydrogens is 532 g/mol. The molecule has 1 aromatic heterocycles. The highest BCUT2D eigenvalue weighted by Gasteiger charge is 2.39. The van der Waals surface area contributed by atoms with Crippen LogP contribution in [0.15, 0.2) is 112 Å². The van der Waals surface area contributed by atoms with E-state index in [0.717, 1.165) is 11.1 Å². The van der Waals surface area contributed by atoms with Crippen LogP contribution in [0.2, 0.25) is 5.02 Å². The van der Waals surface area contributed by atoms with Crippen LogP contribution in [0.25, 0.3) is 11.3 Å². The summed E-state index contributed by atoms with van der Waals surface area (Å²) < 4.78 is 5.86. The van der Waals surface area contributed by atoms with E-state index in [4.69, 9.17) is 16.0 Å². The second-order valence-electron chi connectivity index (χ2n) is 8.79. The van der Waals surface area contributed by atoms with Crippen molar-refractivity contribution in [2.75, 3.05) is 11.9 Å². The molecule has 4 aromatic rings. The molecule has 1 N–H and O–H groups in total. The topological polar surface area (TPSA) is 87.3 Å². The van der Waals surface area contributed by atoms with Gasteiger partial charge in [-0.3, -0.25) is 14.5 Å². The fourth-order valence-electron chi connectivity index (χ4n) is 4.06. The Balaban J connectivity index is 1.30. The molecule has 1 aliphatic rings. The molecule has 2 heterocycles. The van der Waals surface area contributed by atoms with E-state index >= 15 is 0 Å². The van der Waals surface area contributed by atoms with Crippen LogP contribution in [0.5, 0.6) is 0 Å². The number of rotatable bonds is 9. The predicted octanol–water partition coefficient (Wildman–Crippen LogP) is 6.51. The Bertz CT molecular complexity index is 1500. The van der Waals surface area contributed by atoms with Gasteiger partial charge in [-0.15, -0.1) is 5.10 Å². The first-order valence-corrected chi connectivity index (χ1v) is 13.6. The Morgan fingerprint density at radius 3 is 2.54 bits per heavy atom. The minimum absolute atomic E-state index is 0.0319. The Morgan fingerprint density at radius 1 is 1.00 bits per heavy atom. The van der Waals surface area contributed by atoms with E-state index in [-0.39, 0.29) is 18.2 Å². The third-order valence-corrected chi connectivity index (χ3v) is 7.38. The first kappa shape index (κ1) is 26.5. The van der Waals surface area contributed by atoms with E-state index in [2.05, 4.69) is 15.5 Å². The summed E-state index contributed by atoms with van der Waals surface area (Å²) in [6.07, 6.45) is 2.18. The van der Waals surface area contributed by atoms with Gasteiger partial charge in [-0.05, 0) is 48.4 Å². The van der Waals surface area contributed by atoms with E-state index in [1.807, 2.05) is 84.9 Å². The minimum atomic E-state index is -0.587. The lowest BCUT2D eigenvalue weighted by molar-refractivity contribution is -0.128. The second kappa shape index (κ2) is 12.6. The molecule has 1 fully saturated rings. The molecule has 196 valence electrons. The molecule has 3 aromatic carbocycles. The molecular formula is C30H25ClN4O3S. The SMILES string of the molecule is O=C(CC1S/C(=N\N=C\c2ccc(-c3cccc(Cl)c3)o2)N(CCc2ccccc2)C1=O)Nc1ccccc1. The Hall–Kier alpha value is -4.14. The Morgan fingerprint density at radius 2 is 1.77 bits per heavy atom. The molecule has 1 atom stereocenters. The van der Waals surface area contributed by atoms with Gasteiger partial charge in [0.2, 0.25) is 11.8 Å². The van der Waals surface area contributed by atoms with E-state index in [9.17, 15) is 9.59 Å². The second-order valence-corrected chi connectivity index (χ2v) is 10.4. The van der Waals surface area contributed by atoms with Crippen molar-refractivity contribution in [3.63, 3.8) is 0 Å². The summed E-state index contributed by atoms with van der Waals surface area (Å²) in [6, 6.07) is 30.1. The van der Waals surface area contributed by atoms with Crippen LogP contribution in [-0.4, -0.2) is 39.9 Å². The van der Waals surface area contributed by atoms with Crippen molar-refractivity contribution in [2.45, 2.75) is 18.1 Å². The number of furan rings is 1. The number of amides is 2. The molecule has 5 rings (SSSR count). The molecule has 7 nitrogen and oxygen atoms in total. The largest absolute Gasteiger partial charge is 0.455 e. The van der Waals surface area contributed by atoms with Crippen molar-refractivity contribution < 1.29 is 14.0 Å². The zero-order valence-electron chi connectivity index (χ0n) is 20.9. The Labute approximate surface area is 235 Å². The van der Waals surface area contributed by atoms with Crippen molar-refractivity contribution in [1.82, 2.24) is 4.90 Å². The first-order valence-electron chi connectivity index (χ1n) is 12.4. The number of anilines is 1. The quantitative estimate of drug-likeness (QED) is 0.188. The van der Waals surface area contributed by atoms with Crippen LogP contribution in [0.3, 0.4) is 0 Å². The number of nitrogens with one attached hydrogen (secondary N) is 1. The summed E-state index contributed by atoms with van der Waals surface area (Å²) >= 11 is 7.33. The van der Waals surface area contributed by atoms with Gasteiger partial charge >= 0.3 is 0 Å². The number of nitrogens with zero attached hydrogens (tertiary/aromatic N) is 3. The molecule has 0 saturated carbocycles. The lowest BCUT2D eigenvalue weighted by atomic mass is 10.1. The van der Waals surface area contributed by atoms with Gasteiger partial charge in [0.25, 0.3) is 0 Å². The first-order chi connectivity index (χ1) is 19.0. The number of para-hydroxylation sites is 1. The summed E-state index contributed by atoms with van der Waals surface area (Å²) in [7, 11) is 0. The van der Waals surface area contributed by atoms with Gasteiger partial charge in [0.05, 0.1) is 6.21 Å². The Kier molecular flexibility index (Phi) is 8.55. The van der Waals surface area contributed by atoms with Crippen molar-refractivity contribution in [1.29, 1.82) is 0 Å². The highest BCUT2D eigenvalue weighted by Crippen LogP contribution is 2.30. The molecule has 0 spiro atoms. The third-order valence-electron chi connectivity index (χ3n) is 5.98. The van der Waals surface area contributed by atoms with Crippen molar-refractivity contribution in [3.05, 3.63) is 113 Å². The van der Waals surface area contributed by atoms with Gasteiger partial charge in [0.1, 0.15) is 16.8 Å². The van der Waals surface area contributed by atoms with E-state index < -0.39 is 5.25 Å². The fourth-order valence-corrected chi connectivity index (χ4v) is 5.37. The smallest absolute Gasteiger partial charge is 0.242 e. The summed E-state index contributed by atoms with van der Waals surface area (Å²) in [5, 5.41) is 11.9. The molecule has 1 aliphatic heterocycles. The van der Waals surface area contributed by atoms with Gasteiger partial charge in [-0.25, -0.2) is 0 Å². The van der Waals surface area contributed by atoms with E-state index in [1.165, 1.54) is 18.0 Å². The standard InChI is InChI=1S/C30H25ClN4O3S/c31-23-11-7-10-22(18-23)26-15-14-25(38-26)20-32-34-30-35(17-16-21-8-3-1-4-9-21)29(37)27(39-30)19-28(36)33-24-12-5-2-6-13-24/h1-15,18,20,27H,16-17,19H2,(H,33,36)/b32-20+,34-30-. The normalized spacial score (nSPS) is 16.3. The van der Waals surface area contributed by atoms with Gasteiger partial charge in [-0.1, -0.05) is 84.0 Å². The van der Waals surface area contributed by atoms with Crippen molar-refractivity contribution in [3.8, 4) is 11.3 Å². The molecule has 0 aliphatic carbocycles. The average molecular weight is 557 g/mol. The summed E-state index contributed by atoms with van der Waals surface area (Å²) in [6.45, 7) is 0.431. The zero-order chi connectivity index (χ0) is 27.0. The van der Waals surface area contributed by atoms with Crippen LogP contribution in [0, 0.1) is 0 Å². The van der Waals surface area contributed by atoms with Crippen LogP contribution in [0.4, 0.5) is 5.69 Å². The van der Waals surface area contributed by atoms with Gasteiger partial charge in [0.15, 0.2) is 5.17 Å². The molecule has 0 radical (unpaired) electrons. The number of thioether (sulfide) groups is 1. The van der Waals surface area contributed by atoms with Crippen LogP contribution < -0.4 is 5.32 Å². The lowest BCUT2D eigenvalue weighted by Crippen LogP contribution is -2.35. The third kappa shape index (κ3) is 7.04. The van der Waals surface area contributed by atoms with Crippen molar-refractivity contribution >= 4 is 52.2 Å². The molecule has 0 bridgehead atoms. The fraction of sp³-hybridized carbons (Fsp3) is 0.133. The summed E-state index contributed by atoms with van der Waals surface area (Å²) in [5.74, 6) is 0.780. The number of carbonyl (C=O) groups excluding carboxylic acids is 2. The maximum absolute atomic E-state index is 13.3. The molecule has 2 amide bonds. The molecule has 1 unspecified atom stereocenters. The zero-order valence-corrected chi connectivity index (χ0v) is 22.4. The molecule has 39 heavy (non-hydrogen) atoms. The molecule has 1 saturated heterocycles.